The zero-order chi connectivity index (χ0) is 10.8. The lowest BCUT2D eigenvalue weighted by Crippen LogP contribution is -2.43. The fourth-order valence-electron chi connectivity index (χ4n) is 2.06. The minimum absolute atomic E-state index is 0.884. The van der Waals surface area contributed by atoms with E-state index in [9.17, 15) is 0 Å². The third-order valence-electron chi connectivity index (χ3n) is 2.93. The summed E-state index contributed by atoms with van der Waals surface area (Å²) in [5.41, 5.74) is 4.24. The first-order valence-corrected chi connectivity index (χ1v) is 6.56. The molecular weight excluding hydrogens is 202 g/mol. The van der Waals surface area contributed by atoms with E-state index in [0.29, 0.717) is 0 Å². The van der Waals surface area contributed by atoms with Crippen molar-refractivity contribution < 1.29 is 0 Å². The molecule has 2 heteroatoms. The molecule has 0 atom stereocenters. The average molecular weight is 221 g/mol. The second-order valence-electron chi connectivity index (χ2n) is 4.56. The molecule has 1 heterocycles. The van der Waals surface area contributed by atoms with Crippen LogP contribution in [0.3, 0.4) is 0 Å². The number of aryl methyl sites for hydroxylation is 3. The molecule has 1 aliphatic heterocycles. The van der Waals surface area contributed by atoms with Crippen LogP contribution in [0, 0.1) is 26.7 Å². The van der Waals surface area contributed by atoms with Crippen LogP contribution in [0.25, 0.3) is 0 Å². The molecule has 1 aromatic carbocycles. The Labute approximate surface area is 96.7 Å². The molecule has 0 saturated carbocycles. The molecule has 1 fully saturated rings. The number of hydrogen-bond donors (Lipinski definition) is 1. The topological polar surface area (TPSA) is 12.0 Å². The van der Waals surface area contributed by atoms with Crippen LogP contribution in [0.15, 0.2) is 17.0 Å². The predicted octanol–water partition coefficient (Wildman–Crippen LogP) is 2.92. The zero-order valence-corrected chi connectivity index (χ0v) is 10.6. The smallest absolute Gasteiger partial charge is 0.0131 e. The van der Waals surface area contributed by atoms with Crippen LogP contribution in [-0.4, -0.2) is 18.8 Å². The second-order valence-corrected chi connectivity index (χ2v) is 5.59. The summed E-state index contributed by atoms with van der Waals surface area (Å²) in [5.74, 6) is 2.15. The van der Waals surface area contributed by atoms with Crippen molar-refractivity contribution in [2.45, 2.75) is 25.7 Å². The summed E-state index contributed by atoms with van der Waals surface area (Å²) in [4.78, 5) is 1.49. The molecule has 82 valence electrons. The molecule has 1 aromatic rings. The molecule has 0 bridgehead atoms. The van der Waals surface area contributed by atoms with E-state index >= 15 is 0 Å². The Balaban J connectivity index is 2.05. The van der Waals surface area contributed by atoms with Gasteiger partial charge in [-0.3, -0.25) is 0 Å². The molecule has 0 aromatic heterocycles. The molecular formula is C13H19NS. The van der Waals surface area contributed by atoms with Crippen LogP contribution in [0.4, 0.5) is 0 Å². The van der Waals surface area contributed by atoms with Crippen molar-refractivity contribution in [3.8, 4) is 0 Å². The fraction of sp³-hybridized carbons (Fsp3) is 0.538. The van der Waals surface area contributed by atoms with Crippen LogP contribution >= 0.6 is 11.8 Å². The predicted molar refractivity (Wildman–Crippen MR) is 67.7 cm³/mol. The van der Waals surface area contributed by atoms with E-state index in [1.807, 2.05) is 11.8 Å². The minimum Gasteiger partial charge on any atom is -0.316 e. The largest absolute Gasteiger partial charge is 0.316 e. The molecule has 0 aliphatic carbocycles. The van der Waals surface area contributed by atoms with Gasteiger partial charge in [0.15, 0.2) is 0 Å². The summed E-state index contributed by atoms with van der Waals surface area (Å²) >= 11 is 2.03. The maximum Gasteiger partial charge on any atom is 0.0131 e. The monoisotopic (exact) mass is 221 g/mol. The molecule has 1 nitrogen and oxygen atoms in total. The van der Waals surface area contributed by atoms with Gasteiger partial charge in [0.05, 0.1) is 0 Å². The van der Waals surface area contributed by atoms with Gasteiger partial charge in [-0.1, -0.05) is 17.7 Å². The average Bonchev–Trinajstić information content (AvgIpc) is 2.06. The first-order valence-electron chi connectivity index (χ1n) is 5.58. The van der Waals surface area contributed by atoms with Gasteiger partial charge < -0.3 is 5.32 Å². The Morgan fingerprint density at radius 3 is 2.27 bits per heavy atom. The Bertz CT molecular complexity index is 333. The summed E-state index contributed by atoms with van der Waals surface area (Å²) in [6.07, 6.45) is 0. The van der Waals surface area contributed by atoms with E-state index in [4.69, 9.17) is 0 Å². The van der Waals surface area contributed by atoms with Crippen molar-refractivity contribution in [2.75, 3.05) is 18.8 Å². The van der Waals surface area contributed by atoms with Gasteiger partial charge in [0.25, 0.3) is 0 Å². The Kier molecular flexibility index (Phi) is 3.37. The molecule has 0 amide bonds. The number of benzene rings is 1. The highest BCUT2D eigenvalue weighted by Crippen LogP contribution is 2.29. The summed E-state index contributed by atoms with van der Waals surface area (Å²) in [7, 11) is 0. The first-order chi connectivity index (χ1) is 7.16. The second kappa shape index (κ2) is 4.58. The fourth-order valence-corrected chi connectivity index (χ4v) is 3.27. The van der Waals surface area contributed by atoms with Gasteiger partial charge in [-0.25, -0.2) is 0 Å². The van der Waals surface area contributed by atoms with Crippen molar-refractivity contribution in [3.63, 3.8) is 0 Å². The van der Waals surface area contributed by atoms with Crippen LogP contribution in [0.1, 0.15) is 16.7 Å². The Morgan fingerprint density at radius 2 is 1.80 bits per heavy atom. The van der Waals surface area contributed by atoms with Crippen molar-refractivity contribution in [3.05, 3.63) is 28.8 Å². The van der Waals surface area contributed by atoms with Gasteiger partial charge in [0, 0.05) is 10.6 Å². The van der Waals surface area contributed by atoms with Crippen molar-refractivity contribution >= 4 is 11.8 Å². The van der Waals surface area contributed by atoms with E-state index in [2.05, 4.69) is 38.2 Å². The molecule has 2 rings (SSSR count). The van der Waals surface area contributed by atoms with Crippen LogP contribution in [0.5, 0.6) is 0 Å². The first kappa shape index (κ1) is 11.0. The highest BCUT2D eigenvalue weighted by Gasteiger charge is 2.17. The molecule has 1 saturated heterocycles. The van der Waals surface area contributed by atoms with Crippen molar-refractivity contribution in [2.24, 2.45) is 5.92 Å². The number of hydrogen-bond acceptors (Lipinski definition) is 2. The highest BCUT2D eigenvalue weighted by molar-refractivity contribution is 7.99. The molecule has 1 N–H and O–H groups in total. The normalized spacial score (nSPS) is 16.5. The summed E-state index contributed by atoms with van der Waals surface area (Å²) < 4.78 is 0. The lowest BCUT2D eigenvalue weighted by atomic mass is 10.1. The van der Waals surface area contributed by atoms with Crippen LogP contribution in [0.2, 0.25) is 0 Å². The Morgan fingerprint density at radius 1 is 1.20 bits per heavy atom. The lowest BCUT2D eigenvalue weighted by molar-refractivity contribution is 0.385. The molecule has 1 aliphatic rings. The maximum absolute atomic E-state index is 3.32. The standard InChI is InChI=1S/C13H19NS/c1-9-4-10(2)13(11(3)5-9)15-8-12-6-14-7-12/h4-5,12,14H,6-8H2,1-3H3. The molecule has 15 heavy (non-hydrogen) atoms. The van der Waals surface area contributed by atoms with E-state index in [0.717, 1.165) is 5.92 Å². The maximum atomic E-state index is 3.32. The van der Waals surface area contributed by atoms with Crippen LogP contribution < -0.4 is 5.32 Å². The molecule has 0 spiro atoms. The Hall–Kier alpha value is -0.470. The van der Waals surface area contributed by atoms with E-state index in [-0.39, 0.29) is 0 Å². The summed E-state index contributed by atoms with van der Waals surface area (Å²) in [6, 6.07) is 4.57. The number of rotatable bonds is 3. The van der Waals surface area contributed by atoms with Gasteiger partial charge in [-0.15, -0.1) is 11.8 Å². The highest BCUT2D eigenvalue weighted by atomic mass is 32.2. The zero-order valence-electron chi connectivity index (χ0n) is 9.76. The summed E-state index contributed by atoms with van der Waals surface area (Å²) in [5, 5.41) is 3.32. The van der Waals surface area contributed by atoms with E-state index in [1.165, 1.54) is 40.4 Å². The minimum atomic E-state index is 0.884. The molecule has 0 radical (unpaired) electrons. The third-order valence-corrected chi connectivity index (χ3v) is 4.50. The molecule has 0 unspecified atom stereocenters. The number of nitrogens with one attached hydrogen (secondary N) is 1. The van der Waals surface area contributed by atoms with Gasteiger partial charge in [-0.05, 0) is 50.9 Å². The van der Waals surface area contributed by atoms with Gasteiger partial charge in [0.2, 0.25) is 0 Å². The van der Waals surface area contributed by atoms with Crippen LogP contribution in [-0.2, 0) is 0 Å². The van der Waals surface area contributed by atoms with E-state index < -0.39 is 0 Å². The van der Waals surface area contributed by atoms with Gasteiger partial charge in [-0.2, -0.15) is 0 Å². The van der Waals surface area contributed by atoms with Crippen molar-refractivity contribution in [1.29, 1.82) is 0 Å². The quantitative estimate of drug-likeness (QED) is 0.788. The third kappa shape index (κ3) is 2.56. The van der Waals surface area contributed by atoms with E-state index in [1.54, 1.807) is 0 Å². The SMILES string of the molecule is Cc1cc(C)c(SCC2CNC2)c(C)c1. The van der Waals surface area contributed by atoms with Crippen molar-refractivity contribution in [1.82, 2.24) is 5.32 Å². The lowest BCUT2D eigenvalue weighted by Gasteiger charge is -2.27. The summed E-state index contributed by atoms with van der Waals surface area (Å²) in [6.45, 7) is 9.03. The van der Waals surface area contributed by atoms with Gasteiger partial charge >= 0.3 is 0 Å². The number of thioether (sulfide) groups is 1. The van der Waals surface area contributed by atoms with Gasteiger partial charge in [0.1, 0.15) is 0 Å².